The molecule has 20 heteroatoms. The molecule has 0 aliphatic carbocycles. The van der Waals surface area contributed by atoms with Gasteiger partial charge in [0.25, 0.3) is 30.4 Å². The molecular formula is C26H20N6O11S3. The van der Waals surface area contributed by atoms with Crippen LogP contribution in [0.25, 0.3) is 21.5 Å². The molecule has 238 valence electrons. The third-order valence-electron chi connectivity index (χ3n) is 6.49. The van der Waals surface area contributed by atoms with E-state index in [9.17, 15) is 49.1 Å². The largest absolute Gasteiger partial charge is 0.507 e. The van der Waals surface area contributed by atoms with E-state index in [0.717, 1.165) is 36.4 Å². The standard InChI is InChI=1S/C26H20N6O11S3/c27-17-4-1-12-7-15(44(35,36)37)10-20(33)23(12)25(17)31-29-14-3-6-19(22(9-14)46(41,42)43)30-32-26-18(28)5-2-13-8-16(45(38,39)40)11-21(34)24(13)26/h1-11,33-34H,27-28H2,(H,35,36,37)(H,38,39,40)(H,41,42,43). The van der Waals surface area contributed by atoms with Crippen LogP contribution in [0.3, 0.4) is 0 Å². The van der Waals surface area contributed by atoms with Gasteiger partial charge in [0.15, 0.2) is 0 Å². The predicted molar refractivity (Wildman–Crippen MR) is 164 cm³/mol. The second-order valence-corrected chi connectivity index (χ2v) is 13.8. The molecule has 0 fully saturated rings. The van der Waals surface area contributed by atoms with Crippen molar-refractivity contribution in [2.45, 2.75) is 14.7 Å². The average Bonchev–Trinajstić information content (AvgIpc) is 2.95. The number of nitrogens with two attached hydrogens (primary N) is 2. The summed E-state index contributed by atoms with van der Waals surface area (Å²) in [6.07, 6.45) is 0. The van der Waals surface area contributed by atoms with Crippen molar-refractivity contribution in [1.29, 1.82) is 0 Å². The number of benzene rings is 5. The molecule has 9 N–H and O–H groups in total. The predicted octanol–water partition coefficient (Wildman–Crippen LogP) is 5.14. The summed E-state index contributed by atoms with van der Waals surface area (Å²) in [5.41, 5.74) is 11.0. The monoisotopic (exact) mass is 688 g/mol. The Hall–Kier alpha value is -5.25. The number of hydrogen-bond acceptors (Lipinski definition) is 14. The van der Waals surface area contributed by atoms with Gasteiger partial charge in [0.2, 0.25) is 0 Å². The molecule has 0 atom stereocenters. The Morgan fingerprint density at radius 2 is 0.978 bits per heavy atom. The zero-order chi connectivity index (χ0) is 33.8. The van der Waals surface area contributed by atoms with Crippen LogP contribution in [0.2, 0.25) is 0 Å². The summed E-state index contributed by atoms with van der Waals surface area (Å²) >= 11 is 0. The SMILES string of the molecule is Nc1ccc2cc(S(=O)(=O)O)cc(O)c2c1N=Nc1ccc(N=Nc2c(N)ccc3cc(S(=O)(=O)O)cc(O)c23)c(S(=O)(=O)O)c1. The molecule has 17 nitrogen and oxygen atoms in total. The second kappa shape index (κ2) is 11.3. The maximum Gasteiger partial charge on any atom is 0.296 e. The maximum absolute atomic E-state index is 12.3. The van der Waals surface area contributed by atoms with Crippen molar-refractivity contribution in [2.24, 2.45) is 20.5 Å². The van der Waals surface area contributed by atoms with Crippen LogP contribution in [-0.4, -0.2) is 49.1 Å². The van der Waals surface area contributed by atoms with Crippen LogP contribution < -0.4 is 11.5 Å². The van der Waals surface area contributed by atoms with Crippen molar-refractivity contribution in [3.05, 3.63) is 66.7 Å². The van der Waals surface area contributed by atoms with Gasteiger partial charge in [0.1, 0.15) is 33.5 Å². The van der Waals surface area contributed by atoms with E-state index < -0.39 is 62.2 Å². The van der Waals surface area contributed by atoms with E-state index in [2.05, 4.69) is 20.5 Å². The van der Waals surface area contributed by atoms with Crippen LogP contribution in [0.1, 0.15) is 0 Å². The van der Waals surface area contributed by atoms with Crippen molar-refractivity contribution >= 4 is 86.0 Å². The van der Waals surface area contributed by atoms with E-state index in [0.29, 0.717) is 0 Å². The van der Waals surface area contributed by atoms with Crippen molar-refractivity contribution in [3.63, 3.8) is 0 Å². The molecule has 5 aromatic rings. The Morgan fingerprint density at radius 3 is 1.41 bits per heavy atom. The van der Waals surface area contributed by atoms with Crippen molar-refractivity contribution in [1.82, 2.24) is 0 Å². The quantitative estimate of drug-likeness (QED) is 0.0662. The number of phenolic OH excluding ortho intramolecular Hbond substituents is 2. The summed E-state index contributed by atoms with van der Waals surface area (Å²) in [6.45, 7) is 0. The number of anilines is 2. The average molecular weight is 689 g/mol. The molecule has 0 unspecified atom stereocenters. The minimum atomic E-state index is -4.97. The van der Waals surface area contributed by atoms with Gasteiger partial charge in [-0.3, -0.25) is 13.7 Å². The molecule has 0 spiro atoms. The third-order valence-corrected chi connectivity index (χ3v) is 9.03. The molecule has 0 amide bonds. The molecular weight excluding hydrogens is 669 g/mol. The Kier molecular flexibility index (Phi) is 7.88. The fourth-order valence-electron chi connectivity index (χ4n) is 4.41. The molecule has 0 bridgehead atoms. The number of nitrogen functional groups attached to an aromatic ring is 2. The lowest BCUT2D eigenvalue weighted by molar-refractivity contribution is 0.470. The van der Waals surface area contributed by atoms with Gasteiger partial charge < -0.3 is 21.7 Å². The van der Waals surface area contributed by atoms with Gasteiger partial charge in [-0.25, -0.2) is 0 Å². The Bertz CT molecular complexity index is 2500. The lowest BCUT2D eigenvalue weighted by Crippen LogP contribution is -1.98. The minimum Gasteiger partial charge on any atom is -0.507 e. The summed E-state index contributed by atoms with van der Waals surface area (Å²) in [4.78, 5) is -1.97. The van der Waals surface area contributed by atoms with Gasteiger partial charge in [0.05, 0.1) is 37.6 Å². The number of fused-ring (bicyclic) bond motifs is 2. The summed E-state index contributed by atoms with van der Waals surface area (Å²) < 4.78 is 99.3. The van der Waals surface area contributed by atoms with Gasteiger partial charge >= 0.3 is 0 Å². The highest BCUT2D eigenvalue weighted by atomic mass is 32.2. The maximum atomic E-state index is 12.3. The number of azo groups is 2. The Balaban J connectivity index is 1.58. The van der Waals surface area contributed by atoms with Gasteiger partial charge in [-0.15, -0.1) is 15.3 Å². The number of phenols is 2. The second-order valence-electron chi connectivity index (χ2n) is 9.57. The molecule has 0 radical (unpaired) electrons. The Labute approximate surface area is 259 Å². The topological polar surface area (TPSA) is 305 Å². The van der Waals surface area contributed by atoms with Crippen LogP contribution in [-0.2, 0) is 30.4 Å². The molecule has 0 saturated carbocycles. The van der Waals surface area contributed by atoms with E-state index in [1.807, 2.05) is 0 Å². The first-order valence-electron chi connectivity index (χ1n) is 12.3. The third kappa shape index (κ3) is 6.28. The van der Waals surface area contributed by atoms with Gasteiger partial charge in [-0.1, -0.05) is 12.1 Å². The lowest BCUT2D eigenvalue weighted by Gasteiger charge is -2.09. The molecule has 0 aromatic heterocycles. The normalized spacial score (nSPS) is 12.9. The van der Waals surface area contributed by atoms with Crippen LogP contribution in [0.15, 0.2) is 102 Å². The first-order valence-corrected chi connectivity index (χ1v) is 16.7. The first kappa shape index (κ1) is 32.2. The molecule has 0 heterocycles. The molecule has 5 rings (SSSR count). The van der Waals surface area contributed by atoms with E-state index in [4.69, 9.17) is 11.5 Å². The fourth-order valence-corrected chi connectivity index (χ4v) is 6.12. The zero-order valence-corrected chi connectivity index (χ0v) is 25.2. The number of aromatic hydroxyl groups is 2. The summed E-state index contributed by atoms with van der Waals surface area (Å²) in [5.74, 6) is -1.24. The van der Waals surface area contributed by atoms with Crippen molar-refractivity contribution < 1.29 is 49.1 Å². The highest BCUT2D eigenvalue weighted by molar-refractivity contribution is 7.86. The smallest absolute Gasteiger partial charge is 0.296 e. The highest BCUT2D eigenvalue weighted by Gasteiger charge is 2.20. The van der Waals surface area contributed by atoms with Crippen LogP contribution >= 0.6 is 0 Å². The minimum absolute atomic E-state index is 0.00813. The molecule has 0 saturated heterocycles. The summed E-state index contributed by atoms with van der Waals surface area (Å²) in [6, 6.07) is 12.2. The summed E-state index contributed by atoms with van der Waals surface area (Å²) in [7, 11) is -14.3. The van der Waals surface area contributed by atoms with Crippen molar-refractivity contribution in [2.75, 3.05) is 11.5 Å². The molecule has 46 heavy (non-hydrogen) atoms. The van der Waals surface area contributed by atoms with E-state index in [1.54, 1.807) is 0 Å². The van der Waals surface area contributed by atoms with Crippen LogP contribution in [0, 0.1) is 0 Å². The van der Waals surface area contributed by atoms with E-state index >= 15 is 0 Å². The summed E-state index contributed by atoms with van der Waals surface area (Å²) in [5, 5.41) is 36.8. The van der Waals surface area contributed by atoms with Crippen molar-refractivity contribution in [3.8, 4) is 11.5 Å². The van der Waals surface area contributed by atoms with Crippen LogP contribution in [0.5, 0.6) is 11.5 Å². The molecule has 0 aliphatic heterocycles. The Morgan fingerprint density at radius 1 is 0.522 bits per heavy atom. The van der Waals surface area contributed by atoms with Gasteiger partial charge in [-0.2, -0.15) is 30.4 Å². The first-order chi connectivity index (χ1) is 21.3. The van der Waals surface area contributed by atoms with E-state index in [-0.39, 0.29) is 50.0 Å². The van der Waals surface area contributed by atoms with Gasteiger partial charge in [0, 0.05) is 12.1 Å². The zero-order valence-electron chi connectivity index (χ0n) is 22.7. The van der Waals surface area contributed by atoms with Gasteiger partial charge in [-0.05, 0) is 53.2 Å². The fraction of sp³-hybridized carbons (Fsp3) is 0. The lowest BCUT2D eigenvalue weighted by atomic mass is 10.1. The molecule has 5 aromatic carbocycles. The highest BCUT2D eigenvalue weighted by Crippen LogP contribution is 2.42. The number of hydrogen-bond donors (Lipinski definition) is 7. The number of rotatable bonds is 7. The number of nitrogens with zero attached hydrogens (tertiary/aromatic N) is 4. The van der Waals surface area contributed by atoms with Crippen LogP contribution in [0.4, 0.5) is 34.1 Å². The van der Waals surface area contributed by atoms with E-state index in [1.165, 1.54) is 30.3 Å². The molecule has 0 aliphatic rings.